The van der Waals surface area contributed by atoms with E-state index in [9.17, 15) is 4.79 Å². The third-order valence-corrected chi connectivity index (χ3v) is 5.19. The number of carbonyl (C=O) groups is 1. The van der Waals surface area contributed by atoms with Crippen LogP contribution in [0.1, 0.15) is 36.5 Å². The number of nitrogens with one attached hydrogen (secondary N) is 2. The summed E-state index contributed by atoms with van der Waals surface area (Å²) in [5.74, 6) is 1.11. The molecule has 1 saturated heterocycles. The molecule has 0 spiro atoms. The Balaban J connectivity index is 1.55. The van der Waals surface area contributed by atoms with E-state index < -0.39 is 0 Å². The number of anilines is 1. The van der Waals surface area contributed by atoms with Crippen molar-refractivity contribution in [2.45, 2.75) is 38.8 Å². The molecule has 8 heteroatoms. The first kappa shape index (κ1) is 16.8. The molecule has 1 fully saturated rings. The largest absolute Gasteiger partial charge is 0.355 e. The topological polar surface area (TPSA) is 75.1 Å². The van der Waals surface area contributed by atoms with Crippen molar-refractivity contribution >= 4 is 23.2 Å². The molecule has 1 aliphatic rings. The van der Waals surface area contributed by atoms with E-state index in [1.807, 2.05) is 31.0 Å². The third kappa shape index (κ3) is 3.87. The molecule has 2 unspecified atom stereocenters. The molecular formula is C16H24N6OS. The van der Waals surface area contributed by atoms with Crippen molar-refractivity contribution in [1.82, 2.24) is 25.4 Å². The van der Waals surface area contributed by atoms with E-state index in [1.54, 1.807) is 17.5 Å². The van der Waals surface area contributed by atoms with Crippen LogP contribution in [-0.2, 0) is 7.05 Å². The lowest BCUT2D eigenvalue weighted by molar-refractivity contribution is 0.232. The van der Waals surface area contributed by atoms with Crippen LogP contribution in [0.2, 0.25) is 0 Å². The van der Waals surface area contributed by atoms with E-state index in [2.05, 4.69) is 31.7 Å². The van der Waals surface area contributed by atoms with Gasteiger partial charge < -0.3 is 15.5 Å². The average Bonchev–Trinajstić information content (AvgIpc) is 3.17. The Kier molecular flexibility index (Phi) is 5.03. The minimum Gasteiger partial charge on any atom is -0.355 e. The zero-order valence-corrected chi connectivity index (χ0v) is 15.1. The fraction of sp³-hybridized carbons (Fsp3) is 0.562. The van der Waals surface area contributed by atoms with Crippen LogP contribution in [-0.4, -0.2) is 39.9 Å². The van der Waals surface area contributed by atoms with Crippen molar-refractivity contribution in [3.8, 4) is 0 Å². The Morgan fingerprint density at radius 2 is 2.33 bits per heavy atom. The van der Waals surface area contributed by atoms with Gasteiger partial charge in [0.15, 0.2) is 0 Å². The number of thiazole rings is 1. The monoisotopic (exact) mass is 348 g/mol. The van der Waals surface area contributed by atoms with Crippen LogP contribution in [0.4, 0.5) is 10.6 Å². The van der Waals surface area contributed by atoms with Gasteiger partial charge in [-0.25, -0.2) is 9.78 Å². The molecule has 2 N–H and O–H groups in total. The van der Waals surface area contributed by atoms with Gasteiger partial charge >= 0.3 is 6.03 Å². The Morgan fingerprint density at radius 1 is 1.50 bits per heavy atom. The number of hydrogen-bond donors (Lipinski definition) is 2. The summed E-state index contributed by atoms with van der Waals surface area (Å²) >= 11 is 1.55. The molecule has 0 aromatic carbocycles. The highest BCUT2D eigenvalue weighted by atomic mass is 32.1. The second-order valence-corrected chi connectivity index (χ2v) is 7.19. The van der Waals surface area contributed by atoms with Crippen LogP contribution < -0.4 is 15.5 Å². The molecule has 2 amide bonds. The van der Waals surface area contributed by atoms with Gasteiger partial charge in [0, 0.05) is 43.8 Å². The second kappa shape index (κ2) is 7.21. The highest BCUT2D eigenvalue weighted by Crippen LogP contribution is 2.20. The van der Waals surface area contributed by atoms with Crippen LogP contribution in [0, 0.1) is 6.92 Å². The predicted octanol–water partition coefficient (Wildman–Crippen LogP) is 2.21. The van der Waals surface area contributed by atoms with Gasteiger partial charge in [0.25, 0.3) is 0 Å². The van der Waals surface area contributed by atoms with E-state index >= 15 is 0 Å². The van der Waals surface area contributed by atoms with Gasteiger partial charge in [0.2, 0.25) is 0 Å². The Morgan fingerprint density at radius 3 is 3.00 bits per heavy atom. The van der Waals surface area contributed by atoms with Gasteiger partial charge in [-0.15, -0.1) is 11.3 Å². The highest BCUT2D eigenvalue weighted by Gasteiger charge is 2.24. The minimum atomic E-state index is -0.134. The van der Waals surface area contributed by atoms with Crippen LogP contribution in [0.25, 0.3) is 0 Å². The Bertz CT molecular complexity index is 683. The lowest BCUT2D eigenvalue weighted by Gasteiger charge is -2.34. The first-order valence-electron chi connectivity index (χ1n) is 8.25. The maximum absolute atomic E-state index is 12.2. The molecule has 0 bridgehead atoms. The van der Waals surface area contributed by atoms with E-state index in [-0.39, 0.29) is 18.1 Å². The zero-order chi connectivity index (χ0) is 17.1. The van der Waals surface area contributed by atoms with Crippen LogP contribution in [0.15, 0.2) is 17.6 Å². The van der Waals surface area contributed by atoms with Gasteiger partial charge in [-0.3, -0.25) is 4.68 Å². The lowest BCUT2D eigenvalue weighted by atomic mass is 10.1. The van der Waals surface area contributed by atoms with E-state index in [0.717, 1.165) is 42.5 Å². The summed E-state index contributed by atoms with van der Waals surface area (Å²) in [6.45, 7) is 5.74. The van der Waals surface area contributed by atoms with Crippen molar-refractivity contribution in [3.63, 3.8) is 0 Å². The molecular weight excluding hydrogens is 324 g/mol. The van der Waals surface area contributed by atoms with E-state index in [1.165, 1.54) is 0 Å². The number of amides is 2. The van der Waals surface area contributed by atoms with Crippen molar-refractivity contribution in [3.05, 3.63) is 28.3 Å². The van der Waals surface area contributed by atoms with Crippen molar-refractivity contribution < 1.29 is 4.79 Å². The van der Waals surface area contributed by atoms with Crippen LogP contribution in [0.3, 0.4) is 0 Å². The molecule has 1 aliphatic heterocycles. The van der Waals surface area contributed by atoms with Crippen molar-refractivity contribution in [2.24, 2.45) is 7.05 Å². The summed E-state index contributed by atoms with van der Waals surface area (Å²) in [6.07, 6.45) is 3.80. The van der Waals surface area contributed by atoms with E-state index in [0.29, 0.717) is 0 Å². The summed E-state index contributed by atoms with van der Waals surface area (Å²) < 4.78 is 1.91. The minimum absolute atomic E-state index is 0.0792. The molecule has 130 valence electrons. The zero-order valence-electron chi connectivity index (χ0n) is 14.3. The molecule has 24 heavy (non-hydrogen) atoms. The Hall–Kier alpha value is -2.09. The number of rotatable bonds is 4. The maximum atomic E-state index is 12.2. The molecule has 0 radical (unpaired) electrons. The SMILES string of the molecule is Cc1cc(N2CCCC(NC(=O)NC(C)c3nccs3)C2)n(C)n1. The first-order chi connectivity index (χ1) is 11.5. The fourth-order valence-electron chi connectivity index (χ4n) is 3.13. The summed E-state index contributed by atoms with van der Waals surface area (Å²) in [6, 6.07) is 2.01. The second-order valence-electron chi connectivity index (χ2n) is 6.26. The molecule has 3 rings (SSSR count). The number of piperidine rings is 1. The van der Waals surface area contributed by atoms with Gasteiger partial charge in [0.1, 0.15) is 10.8 Å². The molecule has 2 aromatic heterocycles. The normalized spacial score (nSPS) is 19.1. The average molecular weight is 348 g/mol. The molecule has 2 atom stereocenters. The van der Waals surface area contributed by atoms with Gasteiger partial charge in [-0.2, -0.15) is 5.10 Å². The number of nitrogens with zero attached hydrogens (tertiary/aromatic N) is 4. The predicted molar refractivity (Wildman–Crippen MR) is 95.4 cm³/mol. The number of urea groups is 1. The van der Waals surface area contributed by atoms with Gasteiger partial charge in [-0.05, 0) is 26.7 Å². The van der Waals surface area contributed by atoms with E-state index in [4.69, 9.17) is 0 Å². The molecule has 0 saturated carbocycles. The summed E-state index contributed by atoms with van der Waals surface area (Å²) in [5.41, 5.74) is 1.01. The van der Waals surface area contributed by atoms with Crippen molar-refractivity contribution in [1.29, 1.82) is 0 Å². The smallest absolute Gasteiger partial charge is 0.315 e. The number of hydrogen-bond acceptors (Lipinski definition) is 5. The lowest BCUT2D eigenvalue weighted by Crippen LogP contribution is -2.51. The molecule has 7 nitrogen and oxygen atoms in total. The van der Waals surface area contributed by atoms with Crippen LogP contribution in [0.5, 0.6) is 0 Å². The number of aryl methyl sites for hydroxylation is 2. The Labute approximate surface area is 146 Å². The molecule has 2 aromatic rings. The number of aromatic nitrogens is 3. The quantitative estimate of drug-likeness (QED) is 0.888. The van der Waals surface area contributed by atoms with Crippen molar-refractivity contribution in [2.75, 3.05) is 18.0 Å². The highest BCUT2D eigenvalue weighted by molar-refractivity contribution is 7.09. The summed E-state index contributed by atoms with van der Waals surface area (Å²) in [4.78, 5) is 18.8. The summed E-state index contributed by atoms with van der Waals surface area (Å²) in [7, 11) is 1.96. The molecule has 0 aliphatic carbocycles. The van der Waals surface area contributed by atoms with Gasteiger partial charge in [0.05, 0.1) is 11.7 Å². The summed E-state index contributed by atoms with van der Waals surface area (Å²) in [5, 5.41) is 13.3. The molecule has 3 heterocycles. The standard InChI is InChI=1S/C16H24N6OS/c1-11-9-14(21(3)20-11)22-7-4-5-13(10-22)19-16(23)18-12(2)15-17-6-8-24-15/h6,8-9,12-13H,4-5,7,10H2,1-3H3,(H2,18,19,23). The maximum Gasteiger partial charge on any atom is 0.315 e. The number of carbonyl (C=O) groups excluding carboxylic acids is 1. The van der Waals surface area contributed by atoms with Crippen LogP contribution >= 0.6 is 11.3 Å². The fourth-order valence-corrected chi connectivity index (χ4v) is 3.78. The first-order valence-corrected chi connectivity index (χ1v) is 9.13. The third-order valence-electron chi connectivity index (χ3n) is 4.23. The van der Waals surface area contributed by atoms with Gasteiger partial charge in [-0.1, -0.05) is 0 Å².